The number of hydrogen-bond acceptors (Lipinski definition) is 8. The number of rotatable bonds is 12. The van der Waals surface area contributed by atoms with Gasteiger partial charge in [-0.1, -0.05) is 19.9 Å². The third-order valence-electron chi connectivity index (χ3n) is 6.74. The summed E-state index contributed by atoms with van der Waals surface area (Å²) in [5.41, 5.74) is 7.39. The van der Waals surface area contributed by atoms with Gasteiger partial charge in [0.1, 0.15) is 23.3 Å². The number of fused-ring (bicyclic) bond motifs is 1. The quantitative estimate of drug-likeness (QED) is 0.210. The molecule has 11 heteroatoms. The van der Waals surface area contributed by atoms with Gasteiger partial charge >= 0.3 is 6.03 Å². The van der Waals surface area contributed by atoms with Gasteiger partial charge in [-0.2, -0.15) is 5.26 Å². The predicted octanol–water partition coefficient (Wildman–Crippen LogP) is 5.63. The van der Waals surface area contributed by atoms with Crippen LogP contribution in [0, 0.1) is 11.3 Å². The van der Waals surface area contributed by atoms with Crippen molar-refractivity contribution in [1.82, 2.24) is 9.88 Å². The highest BCUT2D eigenvalue weighted by Crippen LogP contribution is 2.35. The third kappa shape index (κ3) is 7.15. The number of nitrogens with zero attached hydrogens (tertiary/aromatic N) is 4. The van der Waals surface area contributed by atoms with Crippen LogP contribution in [0.2, 0.25) is 0 Å². The number of ether oxygens (including phenoxy) is 2. The second kappa shape index (κ2) is 13.3. The van der Waals surface area contributed by atoms with E-state index in [1.54, 1.807) is 60.8 Å². The first-order chi connectivity index (χ1) is 20.1. The molecule has 0 saturated carbocycles. The highest BCUT2D eigenvalue weighted by atomic mass is 32.2. The molecule has 2 amide bonds. The zero-order valence-corrected chi connectivity index (χ0v) is 24.6. The number of urea groups is 1. The van der Waals surface area contributed by atoms with Crippen molar-refractivity contribution in [3.8, 4) is 23.3 Å². The van der Waals surface area contributed by atoms with Crippen molar-refractivity contribution in [2.75, 3.05) is 37.4 Å². The van der Waals surface area contributed by atoms with Crippen LogP contribution in [0.25, 0.3) is 10.9 Å². The lowest BCUT2D eigenvalue weighted by Gasteiger charge is -2.21. The normalized spacial score (nSPS) is 11.3. The summed E-state index contributed by atoms with van der Waals surface area (Å²) in [6.45, 7) is 7.61. The lowest BCUT2D eigenvalue weighted by Crippen LogP contribution is -2.31. The number of pyridine rings is 1. The molecule has 42 heavy (non-hydrogen) atoms. The van der Waals surface area contributed by atoms with Crippen LogP contribution in [0.4, 0.5) is 16.2 Å². The van der Waals surface area contributed by atoms with E-state index in [9.17, 15) is 18.5 Å². The number of carbonyl (C=O) groups is 1. The lowest BCUT2D eigenvalue weighted by molar-refractivity contribution is 0.249. The highest BCUT2D eigenvalue weighted by molar-refractivity contribution is 7.90. The number of aromatic nitrogens is 1. The molecular weight excluding hydrogens is 554 g/mol. The van der Waals surface area contributed by atoms with Crippen molar-refractivity contribution in [3.05, 3.63) is 78.5 Å². The number of hydrogen-bond donors (Lipinski definition) is 1. The molecule has 1 heterocycles. The summed E-state index contributed by atoms with van der Waals surface area (Å²) in [4.78, 5) is 20.4. The Morgan fingerprint density at radius 3 is 2.38 bits per heavy atom. The Balaban J connectivity index is 1.55. The van der Waals surface area contributed by atoms with E-state index in [-0.39, 0.29) is 4.90 Å². The molecule has 0 radical (unpaired) electrons. The van der Waals surface area contributed by atoms with E-state index < -0.39 is 15.9 Å². The predicted molar refractivity (Wildman–Crippen MR) is 162 cm³/mol. The Morgan fingerprint density at radius 2 is 1.74 bits per heavy atom. The maximum absolute atomic E-state index is 12.3. The molecule has 3 aromatic carbocycles. The first kappa shape index (κ1) is 30.3. The minimum atomic E-state index is -3.48. The zero-order valence-electron chi connectivity index (χ0n) is 23.8. The molecule has 0 saturated heterocycles. The van der Waals surface area contributed by atoms with Gasteiger partial charge in [-0.25, -0.2) is 13.2 Å². The Kier molecular flexibility index (Phi) is 9.62. The minimum Gasteiger partial charge on any atom is -0.492 e. The first-order valence-electron chi connectivity index (χ1n) is 13.5. The molecule has 4 rings (SSSR count). The van der Waals surface area contributed by atoms with E-state index in [0.29, 0.717) is 51.7 Å². The summed E-state index contributed by atoms with van der Waals surface area (Å²) in [7, 11) is -3.48. The smallest absolute Gasteiger partial charge is 0.323 e. The number of nitriles is 1. The molecule has 0 fully saturated rings. The molecule has 0 aliphatic carbocycles. The second-order valence-electron chi connectivity index (χ2n) is 9.55. The lowest BCUT2D eigenvalue weighted by atomic mass is 10.1. The van der Waals surface area contributed by atoms with E-state index in [2.05, 4.69) is 29.8 Å². The van der Waals surface area contributed by atoms with Crippen molar-refractivity contribution in [2.24, 2.45) is 5.73 Å². The molecule has 0 unspecified atom stereocenters. The largest absolute Gasteiger partial charge is 0.492 e. The van der Waals surface area contributed by atoms with E-state index in [1.807, 2.05) is 0 Å². The van der Waals surface area contributed by atoms with E-state index >= 15 is 0 Å². The topological polar surface area (TPSA) is 139 Å². The van der Waals surface area contributed by atoms with Crippen LogP contribution >= 0.6 is 0 Å². The first-order valence-corrected chi connectivity index (χ1v) is 15.4. The molecule has 0 aliphatic rings. The molecular formula is C31H33N5O5S. The van der Waals surface area contributed by atoms with Crippen LogP contribution in [0.1, 0.15) is 25.8 Å². The number of amides is 2. The molecule has 218 valence electrons. The zero-order chi connectivity index (χ0) is 30.3. The molecule has 0 bridgehead atoms. The van der Waals surface area contributed by atoms with Gasteiger partial charge in [0.25, 0.3) is 0 Å². The Morgan fingerprint density at radius 1 is 1.00 bits per heavy atom. The number of primary amides is 1. The summed E-state index contributed by atoms with van der Waals surface area (Å²) in [6.07, 6.45) is 3.55. The minimum absolute atomic E-state index is 0.0701. The molecule has 0 atom stereocenters. The second-order valence-corrected chi connectivity index (χ2v) is 11.6. The fourth-order valence-corrected chi connectivity index (χ4v) is 5.16. The van der Waals surface area contributed by atoms with Crippen LogP contribution < -0.4 is 20.1 Å². The van der Waals surface area contributed by atoms with Gasteiger partial charge in [0.15, 0.2) is 9.84 Å². The molecule has 0 spiro atoms. The standard InChI is InChI=1S/C31H33N5O5S/c1-4-35(5-2)16-7-17-40-30-20-28-27(18-22(30)21-32)29(14-15-34-28)41-25-12-10-23(11-13-25)36(31(33)37)24-8-6-9-26(19-24)42(3,38)39/h6,8-15,18-20H,4-5,7,16-17H2,1-3H3,(H2,33,37). The van der Waals surface area contributed by atoms with Crippen LogP contribution in [-0.4, -0.2) is 56.8 Å². The Labute approximate surface area is 245 Å². The number of sulfone groups is 1. The summed E-state index contributed by atoms with van der Waals surface area (Å²) in [6, 6.07) is 19.2. The molecule has 10 nitrogen and oxygen atoms in total. The van der Waals surface area contributed by atoms with Gasteiger partial charge in [-0.15, -0.1) is 0 Å². The SMILES string of the molecule is CCN(CC)CCCOc1cc2nccc(Oc3ccc(N(C(N)=O)c4cccc(S(C)(=O)=O)c4)cc3)c2cc1C#N. The van der Waals surface area contributed by atoms with Crippen molar-refractivity contribution in [2.45, 2.75) is 25.2 Å². The monoisotopic (exact) mass is 587 g/mol. The average molecular weight is 588 g/mol. The summed E-state index contributed by atoms with van der Waals surface area (Å²) < 4.78 is 36.1. The van der Waals surface area contributed by atoms with E-state index in [1.165, 1.54) is 17.0 Å². The van der Waals surface area contributed by atoms with Gasteiger partial charge < -0.3 is 20.1 Å². The molecule has 1 aromatic heterocycles. The van der Waals surface area contributed by atoms with Gasteiger partial charge in [-0.3, -0.25) is 9.88 Å². The van der Waals surface area contributed by atoms with Crippen LogP contribution in [-0.2, 0) is 9.84 Å². The van der Waals surface area contributed by atoms with Gasteiger partial charge in [-0.05, 0) is 74.1 Å². The summed E-state index contributed by atoms with van der Waals surface area (Å²) in [5.74, 6) is 1.44. The van der Waals surface area contributed by atoms with E-state index in [4.69, 9.17) is 15.2 Å². The van der Waals surface area contributed by atoms with Gasteiger partial charge in [0, 0.05) is 30.4 Å². The maximum atomic E-state index is 12.3. The van der Waals surface area contributed by atoms with Crippen molar-refractivity contribution >= 4 is 38.1 Å². The maximum Gasteiger partial charge on any atom is 0.323 e. The summed E-state index contributed by atoms with van der Waals surface area (Å²) in [5, 5.41) is 10.4. The Hall–Kier alpha value is -4.66. The fraction of sp³-hybridized carbons (Fsp3) is 0.258. The molecule has 0 aliphatic heterocycles. The number of carbonyl (C=O) groups excluding carboxylic acids is 1. The van der Waals surface area contributed by atoms with Crippen LogP contribution in [0.5, 0.6) is 17.2 Å². The van der Waals surface area contributed by atoms with Gasteiger partial charge in [0.2, 0.25) is 0 Å². The fourth-order valence-electron chi connectivity index (χ4n) is 4.50. The number of benzene rings is 3. The van der Waals surface area contributed by atoms with Gasteiger partial charge in [0.05, 0.1) is 34.0 Å². The van der Waals surface area contributed by atoms with Crippen molar-refractivity contribution in [1.29, 1.82) is 5.26 Å². The molecule has 2 N–H and O–H groups in total. The number of nitrogens with two attached hydrogens (primary N) is 1. The van der Waals surface area contributed by atoms with Crippen LogP contribution in [0.15, 0.2) is 77.8 Å². The summed E-state index contributed by atoms with van der Waals surface area (Å²) >= 11 is 0. The Bertz CT molecular complexity index is 1710. The van der Waals surface area contributed by atoms with Crippen LogP contribution in [0.3, 0.4) is 0 Å². The van der Waals surface area contributed by atoms with E-state index in [0.717, 1.165) is 32.3 Å². The third-order valence-corrected chi connectivity index (χ3v) is 7.85. The average Bonchev–Trinajstić information content (AvgIpc) is 2.97. The van der Waals surface area contributed by atoms with Crippen molar-refractivity contribution in [3.63, 3.8) is 0 Å². The highest BCUT2D eigenvalue weighted by Gasteiger charge is 2.18. The van der Waals surface area contributed by atoms with Crippen molar-refractivity contribution < 1.29 is 22.7 Å². The number of anilines is 2. The molecule has 4 aromatic rings.